The molecule has 0 aromatic carbocycles. The zero-order chi connectivity index (χ0) is 10.3. The highest BCUT2D eigenvalue weighted by molar-refractivity contribution is 9.10. The molecule has 7 heteroatoms. The van der Waals surface area contributed by atoms with E-state index in [4.69, 9.17) is 5.73 Å². The van der Waals surface area contributed by atoms with Crippen LogP contribution in [0.4, 0.5) is 5.95 Å². The Labute approximate surface area is 88.9 Å². The Morgan fingerprint density at radius 3 is 2.50 bits per heavy atom. The van der Waals surface area contributed by atoms with E-state index in [1.165, 1.54) is 4.68 Å². The molecule has 6 nitrogen and oxygen atoms in total. The fourth-order valence-electron chi connectivity index (χ4n) is 1.16. The number of hydrogen-bond acceptors (Lipinski definition) is 4. The van der Waals surface area contributed by atoms with Gasteiger partial charge in [-0.25, -0.2) is 4.68 Å². The second-order valence-electron chi connectivity index (χ2n) is 2.88. The lowest BCUT2D eigenvalue weighted by atomic mass is 10.4. The lowest BCUT2D eigenvalue weighted by molar-refractivity contribution is 0.754. The molecule has 0 aliphatic heterocycles. The Morgan fingerprint density at radius 2 is 2.07 bits per heavy atom. The Balaban J connectivity index is 2.59. The Bertz CT molecular complexity index is 431. The van der Waals surface area contributed by atoms with E-state index in [1.807, 2.05) is 7.05 Å². The van der Waals surface area contributed by atoms with Crippen LogP contribution in [0.3, 0.4) is 0 Å². The lowest BCUT2D eigenvalue weighted by Gasteiger charge is -1.95. The van der Waals surface area contributed by atoms with Gasteiger partial charge in [-0.2, -0.15) is 10.1 Å². The quantitative estimate of drug-likeness (QED) is 0.810. The number of rotatable bonds is 1. The molecule has 0 amide bonds. The predicted molar refractivity (Wildman–Crippen MR) is 55.3 cm³/mol. The van der Waals surface area contributed by atoms with E-state index in [0.29, 0.717) is 11.8 Å². The number of aryl methyl sites for hydroxylation is 2. The molecule has 0 aliphatic rings. The van der Waals surface area contributed by atoms with Gasteiger partial charge in [0, 0.05) is 14.1 Å². The summed E-state index contributed by atoms with van der Waals surface area (Å²) in [5, 5.41) is 8.24. The zero-order valence-corrected chi connectivity index (χ0v) is 9.35. The SMILES string of the molecule is Cn1nc(-c2c(Br)cnn2C)nc1N. The highest BCUT2D eigenvalue weighted by Gasteiger charge is 2.14. The largest absolute Gasteiger partial charge is 0.368 e. The molecule has 2 aromatic heterocycles. The third-order valence-electron chi connectivity index (χ3n) is 1.90. The molecule has 2 heterocycles. The third kappa shape index (κ3) is 1.29. The van der Waals surface area contributed by atoms with Crippen LogP contribution < -0.4 is 5.73 Å². The molecular formula is C7H9BrN6. The van der Waals surface area contributed by atoms with Crippen molar-refractivity contribution in [2.24, 2.45) is 14.1 Å². The maximum absolute atomic E-state index is 5.59. The van der Waals surface area contributed by atoms with Gasteiger partial charge < -0.3 is 5.73 Å². The molecule has 74 valence electrons. The first-order valence-electron chi connectivity index (χ1n) is 3.94. The minimum absolute atomic E-state index is 0.383. The van der Waals surface area contributed by atoms with Gasteiger partial charge in [-0.15, -0.1) is 5.10 Å². The van der Waals surface area contributed by atoms with E-state index in [-0.39, 0.29) is 0 Å². The van der Waals surface area contributed by atoms with E-state index in [1.54, 1.807) is 17.9 Å². The summed E-state index contributed by atoms with van der Waals surface area (Å²) >= 11 is 3.37. The summed E-state index contributed by atoms with van der Waals surface area (Å²) in [7, 11) is 3.57. The summed E-state index contributed by atoms with van der Waals surface area (Å²) in [5.74, 6) is 0.949. The van der Waals surface area contributed by atoms with Crippen molar-refractivity contribution in [1.82, 2.24) is 24.5 Å². The van der Waals surface area contributed by atoms with Gasteiger partial charge in [0.1, 0.15) is 5.69 Å². The van der Waals surface area contributed by atoms with Gasteiger partial charge in [0.15, 0.2) is 0 Å². The maximum atomic E-state index is 5.59. The van der Waals surface area contributed by atoms with Crippen LogP contribution in [0, 0.1) is 0 Å². The molecule has 0 saturated carbocycles. The summed E-state index contributed by atoms with van der Waals surface area (Å²) in [6.07, 6.45) is 1.70. The number of anilines is 1. The van der Waals surface area contributed by atoms with Crippen LogP contribution in [0.1, 0.15) is 0 Å². The molecule has 0 aliphatic carbocycles. The Morgan fingerprint density at radius 1 is 1.36 bits per heavy atom. The van der Waals surface area contributed by atoms with Crippen LogP contribution in [0.5, 0.6) is 0 Å². The maximum Gasteiger partial charge on any atom is 0.218 e. The average Bonchev–Trinajstić information content (AvgIpc) is 2.59. The van der Waals surface area contributed by atoms with Gasteiger partial charge in [0.25, 0.3) is 0 Å². The summed E-state index contributed by atoms with van der Waals surface area (Å²) < 4.78 is 4.07. The van der Waals surface area contributed by atoms with Crippen LogP contribution in [0.2, 0.25) is 0 Å². The van der Waals surface area contributed by atoms with Crippen molar-refractivity contribution in [1.29, 1.82) is 0 Å². The van der Waals surface area contributed by atoms with Gasteiger partial charge in [-0.3, -0.25) is 4.68 Å². The van der Waals surface area contributed by atoms with Crippen LogP contribution >= 0.6 is 15.9 Å². The number of nitrogen functional groups attached to an aromatic ring is 1. The second kappa shape index (κ2) is 3.09. The monoisotopic (exact) mass is 256 g/mol. The highest BCUT2D eigenvalue weighted by Crippen LogP contribution is 2.24. The van der Waals surface area contributed by atoms with Crippen LogP contribution in [0.15, 0.2) is 10.7 Å². The topological polar surface area (TPSA) is 74.5 Å². The average molecular weight is 257 g/mol. The van der Waals surface area contributed by atoms with Crippen LogP contribution in [0.25, 0.3) is 11.5 Å². The van der Waals surface area contributed by atoms with Gasteiger partial charge in [0.2, 0.25) is 11.8 Å². The molecule has 0 spiro atoms. The van der Waals surface area contributed by atoms with E-state index < -0.39 is 0 Å². The van der Waals surface area contributed by atoms with Gasteiger partial charge in [0.05, 0.1) is 10.7 Å². The standard InChI is InChI=1S/C7H9BrN6/c1-13-5(4(8)3-10-13)6-11-7(9)14(2)12-6/h3H,1-2H3,(H2,9,11,12). The third-order valence-corrected chi connectivity index (χ3v) is 2.48. The molecule has 2 aromatic rings. The summed E-state index contributed by atoms with van der Waals surface area (Å²) in [6, 6.07) is 0. The zero-order valence-electron chi connectivity index (χ0n) is 7.77. The molecule has 0 saturated heterocycles. The lowest BCUT2D eigenvalue weighted by Crippen LogP contribution is -1.98. The Hall–Kier alpha value is -1.37. The number of hydrogen-bond donors (Lipinski definition) is 1. The molecule has 0 bridgehead atoms. The van der Waals surface area contributed by atoms with Crippen molar-refractivity contribution in [3.05, 3.63) is 10.7 Å². The van der Waals surface area contributed by atoms with E-state index in [2.05, 4.69) is 31.1 Å². The van der Waals surface area contributed by atoms with Crippen molar-refractivity contribution in [3.63, 3.8) is 0 Å². The number of halogens is 1. The van der Waals surface area contributed by atoms with Crippen molar-refractivity contribution in [2.75, 3.05) is 5.73 Å². The van der Waals surface area contributed by atoms with Crippen molar-refractivity contribution in [2.45, 2.75) is 0 Å². The van der Waals surface area contributed by atoms with Gasteiger partial charge in [-0.05, 0) is 15.9 Å². The molecule has 0 radical (unpaired) electrons. The Kier molecular flexibility index (Phi) is 2.03. The summed E-state index contributed by atoms with van der Waals surface area (Å²) in [5.41, 5.74) is 6.41. The molecule has 2 rings (SSSR count). The summed E-state index contributed by atoms with van der Waals surface area (Å²) in [4.78, 5) is 4.11. The molecule has 0 fully saturated rings. The second-order valence-corrected chi connectivity index (χ2v) is 3.74. The smallest absolute Gasteiger partial charge is 0.218 e. The van der Waals surface area contributed by atoms with E-state index in [9.17, 15) is 0 Å². The van der Waals surface area contributed by atoms with Gasteiger partial charge in [-0.1, -0.05) is 0 Å². The fourth-order valence-corrected chi connectivity index (χ4v) is 1.68. The van der Waals surface area contributed by atoms with Crippen LogP contribution in [-0.4, -0.2) is 24.5 Å². The van der Waals surface area contributed by atoms with Crippen molar-refractivity contribution < 1.29 is 0 Å². The van der Waals surface area contributed by atoms with Gasteiger partial charge >= 0.3 is 0 Å². The summed E-state index contributed by atoms with van der Waals surface area (Å²) in [6.45, 7) is 0. The number of nitrogens with two attached hydrogens (primary N) is 1. The minimum atomic E-state index is 0.383. The first-order chi connectivity index (χ1) is 6.59. The molecule has 0 atom stereocenters. The molecule has 0 unspecified atom stereocenters. The molecular weight excluding hydrogens is 248 g/mol. The van der Waals surface area contributed by atoms with Crippen molar-refractivity contribution >= 4 is 21.9 Å². The first kappa shape index (κ1) is 9.20. The highest BCUT2D eigenvalue weighted by atomic mass is 79.9. The van der Waals surface area contributed by atoms with Crippen LogP contribution in [-0.2, 0) is 14.1 Å². The van der Waals surface area contributed by atoms with E-state index >= 15 is 0 Å². The first-order valence-corrected chi connectivity index (χ1v) is 4.73. The fraction of sp³-hybridized carbons (Fsp3) is 0.286. The number of nitrogens with zero attached hydrogens (tertiary/aromatic N) is 5. The number of aromatic nitrogens is 5. The van der Waals surface area contributed by atoms with Crippen molar-refractivity contribution in [3.8, 4) is 11.5 Å². The normalized spacial score (nSPS) is 10.8. The predicted octanol–water partition coefficient (Wildman–Crippen LogP) is 0.560. The molecule has 14 heavy (non-hydrogen) atoms. The van der Waals surface area contributed by atoms with E-state index in [0.717, 1.165) is 10.2 Å². The molecule has 2 N–H and O–H groups in total. The minimum Gasteiger partial charge on any atom is -0.368 e.